The van der Waals surface area contributed by atoms with E-state index in [-0.39, 0.29) is 33.5 Å². The van der Waals surface area contributed by atoms with Gasteiger partial charge >= 0.3 is 18.3 Å². The molecular weight excluding hydrogens is 1030 g/mol. The predicted molar refractivity (Wildman–Crippen MR) is 235 cm³/mol. The number of carbonyl (C=O) groups is 2. The van der Waals surface area contributed by atoms with Crippen molar-refractivity contribution in [1.29, 1.82) is 0 Å². The van der Waals surface area contributed by atoms with Crippen LogP contribution in [0.15, 0.2) is 42.5 Å². The highest BCUT2D eigenvalue weighted by atomic mass is 35.5. The number of anilines is 1. The Morgan fingerprint density at radius 2 is 1.62 bits per heavy atom. The van der Waals surface area contributed by atoms with Gasteiger partial charge in [-0.05, 0) is 81.3 Å². The normalized spacial score (nSPS) is 17.5. The topological polar surface area (TPSA) is 201 Å². The molecule has 0 bridgehead atoms. The molecular formula is C43H39ClF10N8O7S2. The third kappa shape index (κ3) is 10.8. The molecule has 0 radical (unpaired) electrons. The van der Waals surface area contributed by atoms with Crippen LogP contribution in [0.25, 0.3) is 22.0 Å². The van der Waals surface area contributed by atoms with Gasteiger partial charge in [-0.2, -0.15) is 45.3 Å². The van der Waals surface area contributed by atoms with Crippen LogP contribution in [0, 0.1) is 29.4 Å². The molecule has 71 heavy (non-hydrogen) atoms. The number of nitrogens with one attached hydrogen (secondary N) is 1. The average molecular weight is 1070 g/mol. The van der Waals surface area contributed by atoms with Crippen LogP contribution < -0.4 is 15.4 Å². The molecule has 3 N–H and O–H groups in total. The zero-order valence-electron chi connectivity index (χ0n) is 37.5. The predicted octanol–water partition coefficient (Wildman–Crippen LogP) is 6.91. The third-order valence-corrected chi connectivity index (χ3v) is 15.0. The summed E-state index contributed by atoms with van der Waals surface area (Å²) in [6.45, 7) is -0.720. The second-order valence-corrected chi connectivity index (χ2v) is 22.4. The van der Waals surface area contributed by atoms with Crippen molar-refractivity contribution >= 4 is 60.1 Å². The number of nitrogens with zero attached hydrogens (tertiary/aromatic N) is 6. The quantitative estimate of drug-likeness (QED) is 0.0507. The van der Waals surface area contributed by atoms with Crippen molar-refractivity contribution in [2.45, 2.75) is 87.7 Å². The number of benzene rings is 2. The number of pyridine rings is 1. The molecule has 0 aliphatic heterocycles. The summed E-state index contributed by atoms with van der Waals surface area (Å²) in [4.78, 5) is 31.0. The highest BCUT2D eigenvalue weighted by Gasteiger charge is 2.68. The summed E-state index contributed by atoms with van der Waals surface area (Å²) in [7, 11) is -8.51. The van der Waals surface area contributed by atoms with E-state index in [1.54, 1.807) is 0 Å². The standard InChI is InChI=1S/C43H39ClF10N8O7S2/c1-20(55)39(64)69-19-62(71(5,67)68)38-33-29(44)9-8-26(35(33)61(59-38)18-41(47,48)49)25-7-6-24(10-11-40(2,3)70(4,65)66)56-34(25)30(14-21-12-22(45)15-23(46)13-21)57-31(63)17-60-37-32(36(58-60)43(52,53)54)27-16-28(27)42(37,50)51/h6-9,12-13,15,20,27-28,30H,14,16-19,55H2,1-5H3,(H,57,63)/t20-,27-,28+,30-/m0/s1. The lowest BCUT2D eigenvalue weighted by atomic mass is 9.93. The van der Waals surface area contributed by atoms with E-state index in [4.69, 9.17) is 22.1 Å². The van der Waals surface area contributed by atoms with Gasteiger partial charge in [0.2, 0.25) is 15.9 Å². The highest BCUT2D eigenvalue weighted by Crippen LogP contribution is 2.68. The number of nitrogens with two attached hydrogens (primary N) is 1. The fourth-order valence-electron chi connectivity index (χ4n) is 8.00. The molecule has 3 aromatic heterocycles. The molecule has 4 atom stereocenters. The summed E-state index contributed by atoms with van der Waals surface area (Å²) >= 11 is 6.62. The monoisotopic (exact) mass is 1070 g/mol. The first kappa shape index (κ1) is 52.8. The van der Waals surface area contributed by atoms with E-state index >= 15 is 8.78 Å². The Balaban J connectivity index is 1.48. The van der Waals surface area contributed by atoms with Crippen LogP contribution in [0.3, 0.4) is 0 Å². The van der Waals surface area contributed by atoms with Gasteiger partial charge < -0.3 is 15.8 Å². The summed E-state index contributed by atoms with van der Waals surface area (Å²) in [6.07, 6.45) is -9.79. The van der Waals surface area contributed by atoms with Crippen LogP contribution in [0.1, 0.15) is 73.1 Å². The molecule has 2 aromatic carbocycles. The first-order valence-electron chi connectivity index (χ1n) is 20.8. The van der Waals surface area contributed by atoms with E-state index in [0.29, 0.717) is 21.3 Å². The van der Waals surface area contributed by atoms with Crippen molar-refractivity contribution in [3.05, 3.63) is 93.0 Å². The van der Waals surface area contributed by atoms with Gasteiger partial charge in [-0.3, -0.25) is 19.0 Å². The number of carbonyl (C=O) groups excluding carboxylic acids is 2. The molecule has 2 aliphatic carbocycles. The maximum absolute atomic E-state index is 15.6. The molecule has 0 spiro atoms. The largest absolute Gasteiger partial charge is 0.442 e. The Morgan fingerprint density at radius 3 is 2.20 bits per heavy atom. The molecule has 382 valence electrons. The van der Waals surface area contributed by atoms with Crippen molar-refractivity contribution in [3.8, 4) is 23.0 Å². The number of sulfone groups is 1. The second-order valence-electron chi connectivity index (χ2n) is 17.5. The molecule has 28 heteroatoms. The van der Waals surface area contributed by atoms with Crippen LogP contribution in [0.2, 0.25) is 5.02 Å². The molecule has 2 aliphatic rings. The lowest BCUT2D eigenvalue weighted by Gasteiger charge is -2.23. The first-order chi connectivity index (χ1) is 32.6. The maximum Gasteiger partial charge on any atom is 0.435 e. The summed E-state index contributed by atoms with van der Waals surface area (Å²) in [5, 5.41) is 8.85. The van der Waals surface area contributed by atoms with Gasteiger partial charge in [0.05, 0.1) is 33.9 Å². The molecule has 1 fully saturated rings. The molecule has 15 nitrogen and oxygen atoms in total. The number of alkyl halides is 8. The minimum Gasteiger partial charge on any atom is -0.442 e. The Bertz CT molecular complexity index is 3270. The Morgan fingerprint density at radius 1 is 0.986 bits per heavy atom. The van der Waals surface area contributed by atoms with Crippen molar-refractivity contribution in [2.75, 3.05) is 23.5 Å². The number of aromatic nitrogens is 5. The number of ether oxygens (including phenoxy) is 1. The van der Waals surface area contributed by atoms with Crippen LogP contribution in [-0.2, 0) is 65.8 Å². The molecule has 0 unspecified atom stereocenters. The lowest BCUT2D eigenvalue weighted by molar-refractivity contribution is -0.144. The van der Waals surface area contributed by atoms with E-state index in [2.05, 4.69) is 32.3 Å². The van der Waals surface area contributed by atoms with Crippen molar-refractivity contribution in [3.63, 3.8) is 0 Å². The SMILES string of the molecule is C[C@H](N)C(=O)OCN(c1nn(CC(F)(F)F)c2c(-c3ccc(C#CC(C)(C)S(C)(=O)=O)nc3[C@H](Cc3cc(F)cc(F)c3)NC(=O)Cn3nc(C(F)(F)F)c4c3C(F)(F)[C@@H]3C[C@H]43)ccc(Cl)c12)S(C)(=O)=O. The lowest BCUT2D eigenvalue weighted by Crippen LogP contribution is -2.37. The van der Waals surface area contributed by atoms with E-state index in [0.717, 1.165) is 36.6 Å². The molecule has 1 saturated carbocycles. The number of hydrogen-bond donors (Lipinski definition) is 2. The molecule has 7 rings (SSSR count). The summed E-state index contributed by atoms with van der Waals surface area (Å²) in [5.41, 5.74) is -0.172. The van der Waals surface area contributed by atoms with E-state index in [1.165, 1.54) is 26.8 Å². The smallest absolute Gasteiger partial charge is 0.435 e. The molecule has 1 amide bonds. The molecule has 3 heterocycles. The Hall–Kier alpha value is -5.98. The van der Waals surface area contributed by atoms with Crippen LogP contribution in [0.5, 0.6) is 0 Å². The molecule has 0 saturated heterocycles. The average Bonchev–Trinajstić information content (AvgIpc) is 3.73. The Labute approximate surface area is 402 Å². The van der Waals surface area contributed by atoms with Gasteiger partial charge in [0.1, 0.15) is 46.9 Å². The Kier molecular flexibility index (Phi) is 13.6. The van der Waals surface area contributed by atoms with Crippen molar-refractivity contribution < 1.29 is 75.1 Å². The van der Waals surface area contributed by atoms with Gasteiger partial charge in [0.25, 0.3) is 5.92 Å². The number of esters is 1. The first-order valence-corrected chi connectivity index (χ1v) is 24.9. The zero-order chi connectivity index (χ0) is 52.7. The maximum atomic E-state index is 15.6. The summed E-state index contributed by atoms with van der Waals surface area (Å²) < 4.78 is 202. The number of hydrogen-bond acceptors (Lipinski definition) is 11. The van der Waals surface area contributed by atoms with Crippen molar-refractivity contribution in [1.82, 2.24) is 29.9 Å². The highest BCUT2D eigenvalue weighted by molar-refractivity contribution is 7.92. The zero-order valence-corrected chi connectivity index (χ0v) is 39.9. The van der Waals surface area contributed by atoms with Gasteiger partial charge in [-0.15, -0.1) is 0 Å². The second kappa shape index (κ2) is 18.3. The number of rotatable bonds is 14. The molecule has 5 aromatic rings. The van der Waals surface area contributed by atoms with E-state index in [9.17, 15) is 61.5 Å². The summed E-state index contributed by atoms with van der Waals surface area (Å²) in [6, 6.07) is 3.59. The minimum atomic E-state index is -5.22. The number of fused-ring (bicyclic) bond motifs is 4. The number of sulfonamides is 1. The summed E-state index contributed by atoms with van der Waals surface area (Å²) in [5.74, 6) is -6.95. The number of halogens is 11. The third-order valence-electron chi connectivity index (χ3n) is 11.6. The van der Waals surface area contributed by atoms with E-state index in [1.807, 2.05) is 0 Å². The number of amides is 1. The van der Waals surface area contributed by atoms with Gasteiger partial charge in [-0.25, -0.2) is 34.9 Å². The van der Waals surface area contributed by atoms with Crippen molar-refractivity contribution in [2.24, 2.45) is 11.7 Å². The minimum absolute atomic E-state index is 0.195. The fourth-order valence-corrected chi connectivity index (χ4v) is 9.16. The van der Waals surface area contributed by atoms with Gasteiger partial charge in [0, 0.05) is 34.9 Å². The van der Waals surface area contributed by atoms with Crippen LogP contribution >= 0.6 is 11.6 Å². The van der Waals surface area contributed by atoms with Crippen LogP contribution in [-0.4, -0.2) is 89.5 Å². The fraction of sp³-hybridized carbons (Fsp3) is 0.419. The van der Waals surface area contributed by atoms with Crippen LogP contribution in [0.4, 0.5) is 49.7 Å². The van der Waals surface area contributed by atoms with Gasteiger partial charge in [0.15, 0.2) is 28.1 Å². The van der Waals surface area contributed by atoms with Gasteiger partial charge in [-0.1, -0.05) is 23.6 Å². The van der Waals surface area contributed by atoms with E-state index < -0.39 is 161 Å².